The lowest BCUT2D eigenvalue weighted by Crippen LogP contribution is -2.27. The van der Waals surface area contributed by atoms with Crippen LogP contribution in [-0.2, 0) is 16.0 Å². The van der Waals surface area contributed by atoms with Crippen LogP contribution >= 0.6 is 0 Å². The van der Waals surface area contributed by atoms with Crippen LogP contribution in [0.25, 0.3) is 11.4 Å². The largest absolute Gasteiger partial charge is 0.469 e. The van der Waals surface area contributed by atoms with Crippen molar-refractivity contribution in [3.8, 4) is 11.4 Å². The first-order chi connectivity index (χ1) is 9.92. The molecule has 1 aromatic carbocycles. The van der Waals surface area contributed by atoms with Gasteiger partial charge in [0.1, 0.15) is 5.82 Å². The fourth-order valence-electron chi connectivity index (χ4n) is 2.19. The second-order valence-electron chi connectivity index (χ2n) is 5.56. The Morgan fingerprint density at radius 3 is 2.76 bits per heavy atom. The molecule has 0 unspecified atom stereocenters. The Bertz CT molecular complexity index is 653. The summed E-state index contributed by atoms with van der Waals surface area (Å²) in [5, 5.41) is 0. The van der Waals surface area contributed by atoms with Crippen molar-refractivity contribution in [3.05, 3.63) is 42.1 Å². The third-order valence-corrected chi connectivity index (χ3v) is 3.25. The van der Waals surface area contributed by atoms with E-state index >= 15 is 0 Å². The van der Waals surface area contributed by atoms with Crippen molar-refractivity contribution in [3.63, 3.8) is 0 Å². The second-order valence-corrected chi connectivity index (χ2v) is 5.56. The van der Waals surface area contributed by atoms with Crippen molar-refractivity contribution in [1.29, 1.82) is 0 Å². The highest BCUT2D eigenvalue weighted by molar-refractivity contribution is 5.76. The number of esters is 1. The smallest absolute Gasteiger partial charge is 0.311 e. The van der Waals surface area contributed by atoms with E-state index in [1.165, 1.54) is 7.11 Å². The zero-order valence-corrected chi connectivity index (χ0v) is 12.5. The Morgan fingerprint density at radius 1 is 1.33 bits per heavy atom. The van der Waals surface area contributed by atoms with Gasteiger partial charge >= 0.3 is 5.97 Å². The molecule has 21 heavy (non-hydrogen) atoms. The Balaban J connectivity index is 2.28. The van der Waals surface area contributed by atoms with E-state index in [9.17, 15) is 4.79 Å². The van der Waals surface area contributed by atoms with Crippen molar-refractivity contribution in [2.45, 2.75) is 20.3 Å². The van der Waals surface area contributed by atoms with Crippen LogP contribution in [-0.4, -0.2) is 23.0 Å². The molecule has 0 amide bonds. The lowest BCUT2D eigenvalue weighted by atomic mass is 9.85. The van der Waals surface area contributed by atoms with Gasteiger partial charge in [0.15, 0.2) is 5.82 Å². The normalized spacial score (nSPS) is 11.2. The number of hydrogen-bond acceptors (Lipinski definition) is 5. The molecule has 0 saturated carbocycles. The summed E-state index contributed by atoms with van der Waals surface area (Å²) in [6.07, 6.45) is 2.21. The fraction of sp³-hybridized carbons (Fsp3) is 0.312. The van der Waals surface area contributed by atoms with Gasteiger partial charge in [-0.3, -0.25) is 4.79 Å². The molecule has 2 aromatic rings. The third-order valence-electron chi connectivity index (χ3n) is 3.25. The molecule has 0 fully saturated rings. The van der Waals surface area contributed by atoms with E-state index in [0.717, 1.165) is 11.1 Å². The number of methoxy groups -OCH3 is 1. The topological polar surface area (TPSA) is 78.1 Å². The molecule has 1 aromatic heterocycles. The molecule has 0 spiro atoms. The quantitative estimate of drug-likeness (QED) is 0.873. The van der Waals surface area contributed by atoms with Gasteiger partial charge in [0.05, 0.1) is 12.5 Å². The summed E-state index contributed by atoms with van der Waals surface area (Å²) in [4.78, 5) is 20.2. The van der Waals surface area contributed by atoms with E-state index in [2.05, 4.69) is 9.97 Å². The number of anilines is 1. The lowest BCUT2D eigenvalue weighted by Gasteiger charge is -2.21. The summed E-state index contributed by atoms with van der Waals surface area (Å²) in [5.74, 6) is 0.779. The summed E-state index contributed by atoms with van der Waals surface area (Å²) in [6.45, 7) is 3.73. The Hall–Kier alpha value is -2.43. The molecule has 2 rings (SSSR count). The minimum absolute atomic E-state index is 0.229. The zero-order valence-electron chi connectivity index (χ0n) is 12.5. The number of hydrogen-bond donors (Lipinski definition) is 1. The van der Waals surface area contributed by atoms with Crippen molar-refractivity contribution in [1.82, 2.24) is 9.97 Å². The monoisotopic (exact) mass is 285 g/mol. The van der Waals surface area contributed by atoms with Crippen molar-refractivity contribution in [2.24, 2.45) is 5.41 Å². The van der Waals surface area contributed by atoms with E-state index in [1.54, 1.807) is 12.3 Å². The van der Waals surface area contributed by atoms with Gasteiger partial charge in [0.25, 0.3) is 0 Å². The number of ether oxygens (including phenoxy) is 1. The number of rotatable bonds is 4. The lowest BCUT2D eigenvalue weighted by molar-refractivity contribution is -0.150. The minimum Gasteiger partial charge on any atom is -0.469 e. The summed E-state index contributed by atoms with van der Waals surface area (Å²) in [5.41, 5.74) is 7.00. The van der Waals surface area contributed by atoms with Gasteiger partial charge in [-0.05, 0) is 38.0 Å². The minimum atomic E-state index is -0.579. The standard InChI is InChI=1S/C16H19N3O2/c1-16(2,15(20)21-3)10-11-5-4-6-12(9-11)14-18-8-7-13(17)19-14/h4-9H,10H2,1-3H3,(H2,17,18,19). The van der Waals surface area contributed by atoms with Crippen molar-refractivity contribution < 1.29 is 9.53 Å². The third kappa shape index (κ3) is 3.56. The average Bonchev–Trinajstić information content (AvgIpc) is 2.46. The van der Waals surface area contributed by atoms with E-state index < -0.39 is 5.41 Å². The average molecular weight is 285 g/mol. The van der Waals surface area contributed by atoms with Crippen LogP contribution in [0.5, 0.6) is 0 Å². The molecule has 0 saturated heterocycles. The molecule has 2 N–H and O–H groups in total. The van der Waals surface area contributed by atoms with Crippen LogP contribution in [0, 0.1) is 5.41 Å². The molecule has 110 valence electrons. The van der Waals surface area contributed by atoms with Crippen LogP contribution in [0.3, 0.4) is 0 Å². The maximum absolute atomic E-state index is 11.8. The SMILES string of the molecule is COC(=O)C(C)(C)Cc1cccc(-c2nccc(N)n2)c1. The van der Waals surface area contributed by atoms with Gasteiger partial charge in [-0.2, -0.15) is 0 Å². The molecule has 0 aliphatic heterocycles. The Morgan fingerprint density at radius 2 is 2.10 bits per heavy atom. The number of carbonyl (C=O) groups is 1. The van der Waals surface area contributed by atoms with Crippen molar-refractivity contribution in [2.75, 3.05) is 12.8 Å². The highest BCUT2D eigenvalue weighted by Crippen LogP contribution is 2.25. The highest BCUT2D eigenvalue weighted by Gasteiger charge is 2.28. The number of benzene rings is 1. The predicted molar refractivity (Wildman–Crippen MR) is 81.4 cm³/mol. The van der Waals surface area contributed by atoms with Gasteiger partial charge in [-0.25, -0.2) is 9.97 Å². The zero-order chi connectivity index (χ0) is 15.5. The number of carbonyl (C=O) groups excluding carboxylic acids is 1. The number of nitrogens with zero attached hydrogens (tertiary/aromatic N) is 2. The van der Waals surface area contributed by atoms with Gasteiger partial charge < -0.3 is 10.5 Å². The molecule has 0 aliphatic carbocycles. The van der Waals surface area contributed by atoms with E-state index in [1.807, 2.05) is 38.1 Å². The van der Waals surface area contributed by atoms with Gasteiger partial charge in [0.2, 0.25) is 0 Å². The van der Waals surface area contributed by atoms with E-state index in [-0.39, 0.29) is 5.97 Å². The maximum Gasteiger partial charge on any atom is 0.311 e. The molecule has 5 nitrogen and oxygen atoms in total. The fourth-order valence-corrected chi connectivity index (χ4v) is 2.19. The molecule has 0 atom stereocenters. The van der Waals surface area contributed by atoms with Crippen molar-refractivity contribution >= 4 is 11.8 Å². The number of aromatic nitrogens is 2. The second kappa shape index (κ2) is 5.91. The first-order valence-corrected chi connectivity index (χ1v) is 6.68. The van der Waals surface area contributed by atoms with Crippen LogP contribution in [0.15, 0.2) is 36.5 Å². The summed E-state index contributed by atoms with van der Waals surface area (Å²) in [7, 11) is 1.40. The molecule has 0 aliphatic rings. The highest BCUT2D eigenvalue weighted by atomic mass is 16.5. The van der Waals surface area contributed by atoms with Crippen LogP contribution < -0.4 is 5.73 Å². The van der Waals surface area contributed by atoms with Gasteiger partial charge in [-0.1, -0.05) is 18.2 Å². The van der Waals surface area contributed by atoms with Gasteiger partial charge in [-0.15, -0.1) is 0 Å². The first-order valence-electron chi connectivity index (χ1n) is 6.68. The Labute approximate surface area is 124 Å². The predicted octanol–water partition coefficient (Wildman–Crippen LogP) is 2.47. The molecule has 0 bridgehead atoms. The maximum atomic E-state index is 11.8. The first kappa shape index (κ1) is 15.0. The summed E-state index contributed by atoms with van der Waals surface area (Å²) in [6, 6.07) is 9.43. The Kier molecular flexibility index (Phi) is 4.21. The number of nitrogens with two attached hydrogens (primary N) is 1. The van der Waals surface area contributed by atoms with Crippen LogP contribution in [0.4, 0.5) is 5.82 Å². The van der Waals surface area contributed by atoms with Crippen LogP contribution in [0.1, 0.15) is 19.4 Å². The molecule has 0 radical (unpaired) electrons. The van der Waals surface area contributed by atoms with Crippen LogP contribution in [0.2, 0.25) is 0 Å². The van der Waals surface area contributed by atoms with Gasteiger partial charge in [0, 0.05) is 11.8 Å². The summed E-state index contributed by atoms with van der Waals surface area (Å²) >= 11 is 0. The number of nitrogen functional groups attached to an aromatic ring is 1. The molecule has 1 heterocycles. The molecular formula is C16H19N3O2. The molecular weight excluding hydrogens is 266 g/mol. The van der Waals surface area contributed by atoms with E-state index in [4.69, 9.17) is 10.5 Å². The summed E-state index contributed by atoms with van der Waals surface area (Å²) < 4.78 is 4.84. The van der Waals surface area contributed by atoms with E-state index in [0.29, 0.717) is 18.1 Å². The molecule has 5 heteroatoms.